The molecule has 2 aliphatic carbocycles. The number of sulfonamides is 1. The lowest BCUT2D eigenvalue weighted by atomic mass is 10.1. The summed E-state index contributed by atoms with van der Waals surface area (Å²) in [6, 6.07) is -0.593. The van der Waals surface area contributed by atoms with Crippen molar-refractivity contribution in [3.8, 4) is 0 Å². The molecule has 172 valence electrons. The first-order valence-corrected chi connectivity index (χ1v) is 13.0. The molecule has 0 radical (unpaired) electrons. The van der Waals surface area contributed by atoms with Crippen LogP contribution in [0.1, 0.15) is 77.6 Å². The number of hydrogen-bond donors (Lipinski definition) is 2. The smallest absolute Gasteiger partial charge is 0.259 e. The van der Waals surface area contributed by atoms with Crippen molar-refractivity contribution >= 4 is 27.7 Å². The first-order valence-electron chi connectivity index (χ1n) is 11.5. The Morgan fingerprint density at radius 2 is 1.90 bits per heavy atom. The van der Waals surface area contributed by atoms with Crippen molar-refractivity contribution < 1.29 is 22.8 Å². The fourth-order valence-corrected chi connectivity index (χ4v) is 6.01. The zero-order chi connectivity index (χ0) is 22.3. The van der Waals surface area contributed by atoms with E-state index >= 15 is 0 Å². The van der Waals surface area contributed by atoms with E-state index in [4.69, 9.17) is 0 Å². The van der Waals surface area contributed by atoms with E-state index in [2.05, 4.69) is 10.0 Å². The maximum Gasteiger partial charge on any atom is 0.259 e. The van der Waals surface area contributed by atoms with Gasteiger partial charge in [0.15, 0.2) is 0 Å². The molecule has 3 atom stereocenters. The highest BCUT2D eigenvalue weighted by Gasteiger charge is 2.62. The summed E-state index contributed by atoms with van der Waals surface area (Å²) < 4.78 is 26.6. The first kappa shape index (κ1) is 22.3. The van der Waals surface area contributed by atoms with E-state index in [0.717, 1.165) is 38.5 Å². The Morgan fingerprint density at radius 3 is 2.65 bits per heavy atom. The van der Waals surface area contributed by atoms with Crippen molar-refractivity contribution in [2.75, 3.05) is 6.54 Å². The monoisotopic (exact) mass is 451 g/mol. The molecule has 3 amide bonds. The molecule has 4 aliphatic rings. The van der Waals surface area contributed by atoms with Gasteiger partial charge in [0.25, 0.3) is 5.91 Å². The van der Waals surface area contributed by atoms with Crippen LogP contribution in [0.15, 0.2) is 12.2 Å². The molecular formula is C22H33N3O5S. The lowest BCUT2D eigenvalue weighted by molar-refractivity contribution is -0.139. The van der Waals surface area contributed by atoms with Crippen LogP contribution in [0, 0.1) is 5.92 Å². The van der Waals surface area contributed by atoms with Gasteiger partial charge in [-0.15, -0.1) is 0 Å². The summed E-state index contributed by atoms with van der Waals surface area (Å²) in [6.07, 6.45) is 11.8. The van der Waals surface area contributed by atoms with Gasteiger partial charge in [-0.25, -0.2) is 8.42 Å². The highest BCUT2D eigenvalue weighted by molar-refractivity contribution is 7.91. The van der Waals surface area contributed by atoms with Gasteiger partial charge in [0, 0.05) is 18.9 Å². The van der Waals surface area contributed by atoms with Crippen molar-refractivity contribution in [2.45, 2.75) is 93.9 Å². The van der Waals surface area contributed by atoms with Gasteiger partial charge in [-0.05, 0) is 58.3 Å². The SMILES string of the molecule is CC1(S(=O)(=O)NC(=O)C23CC2C=CCCCCCCC(=O)N2CCCC2C(=O)N3)CC1. The van der Waals surface area contributed by atoms with Crippen LogP contribution in [-0.2, 0) is 24.4 Å². The van der Waals surface area contributed by atoms with Crippen LogP contribution < -0.4 is 10.0 Å². The summed E-state index contributed by atoms with van der Waals surface area (Å²) in [4.78, 5) is 40.6. The number of nitrogens with one attached hydrogen (secondary N) is 2. The van der Waals surface area contributed by atoms with Gasteiger partial charge in [0.2, 0.25) is 21.8 Å². The van der Waals surface area contributed by atoms with Crippen molar-refractivity contribution in [3.05, 3.63) is 12.2 Å². The maximum absolute atomic E-state index is 13.1. The second-order valence-corrected chi connectivity index (χ2v) is 12.0. The fourth-order valence-electron chi connectivity index (χ4n) is 4.70. The number of allylic oxidation sites excluding steroid dienone is 1. The number of fused-ring (bicyclic) bond motifs is 2. The standard InChI is InChI=1S/C22H33N3O5S/c1-21(12-13-21)31(29,30)24-20(28)22-15-16(22)9-6-4-2-3-5-7-11-18(26)25-14-8-10-17(25)19(27)23-22/h6,9,16-17H,2-5,7-8,10-15H2,1H3,(H,23,27)(H,24,28). The number of carbonyl (C=O) groups excluding carboxylic acids is 3. The Bertz CT molecular complexity index is 895. The third-order valence-corrected chi connectivity index (χ3v) is 9.51. The van der Waals surface area contributed by atoms with E-state index in [-0.39, 0.29) is 17.7 Å². The average Bonchev–Trinajstić information content (AvgIpc) is 3.56. The van der Waals surface area contributed by atoms with E-state index in [1.165, 1.54) is 0 Å². The summed E-state index contributed by atoms with van der Waals surface area (Å²) >= 11 is 0. The van der Waals surface area contributed by atoms with Crippen LogP contribution in [0.4, 0.5) is 0 Å². The van der Waals surface area contributed by atoms with Crippen LogP contribution in [0.3, 0.4) is 0 Å². The maximum atomic E-state index is 13.1. The number of amides is 3. The summed E-state index contributed by atoms with van der Waals surface area (Å²) in [6.45, 7) is 2.17. The molecule has 2 heterocycles. The second kappa shape index (κ2) is 8.22. The molecule has 8 nitrogen and oxygen atoms in total. The quantitative estimate of drug-likeness (QED) is 0.635. The van der Waals surface area contributed by atoms with Crippen molar-refractivity contribution in [3.63, 3.8) is 0 Å². The fraction of sp³-hybridized carbons (Fsp3) is 0.773. The predicted octanol–water partition coefficient (Wildman–Crippen LogP) is 1.76. The van der Waals surface area contributed by atoms with Gasteiger partial charge in [-0.2, -0.15) is 0 Å². The summed E-state index contributed by atoms with van der Waals surface area (Å²) in [7, 11) is -3.80. The lowest BCUT2D eigenvalue weighted by Gasteiger charge is -2.27. The molecular weight excluding hydrogens is 418 g/mol. The molecule has 31 heavy (non-hydrogen) atoms. The van der Waals surface area contributed by atoms with Crippen molar-refractivity contribution in [2.24, 2.45) is 5.92 Å². The van der Waals surface area contributed by atoms with Gasteiger partial charge in [-0.1, -0.05) is 25.0 Å². The third kappa shape index (κ3) is 4.38. The topological polar surface area (TPSA) is 113 Å². The summed E-state index contributed by atoms with van der Waals surface area (Å²) in [5, 5.41) is 2.86. The Morgan fingerprint density at radius 1 is 1.16 bits per heavy atom. The Hall–Kier alpha value is -1.90. The zero-order valence-corrected chi connectivity index (χ0v) is 19.0. The Kier molecular flexibility index (Phi) is 5.91. The summed E-state index contributed by atoms with van der Waals surface area (Å²) in [5.74, 6) is -1.28. The van der Waals surface area contributed by atoms with Gasteiger partial charge in [-0.3, -0.25) is 19.1 Å². The Labute approximate surface area is 184 Å². The van der Waals surface area contributed by atoms with Crippen LogP contribution in [0.2, 0.25) is 0 Å². The number of rotatable bonds is 3. The van der Waals surface area contributed by atoms with Crippen molar-refractivity contribution in [1.29, 1.82) is 0 Å². The molecule has 2 N–H and O–H groups in total. The normalized spacial score (nSPS) is 33.4. The molecule has 2 aliphatic heterocycles. The minimum atomic E-state index is -3.80. The molecule has 2 saturated carbocycles. The van der Waals surface area contributed by atoms with Crippen LogP contribution in [0.25, 0.3) is 0 Å². The van der Waals surface area contributed by atoms with E-state index < -0.39 is 32.3 Å². The van der Waals surface area contributed by atoms with Crippen LogP contribution in [0.5, 0.6) is 0 Å². The number of carbonyl (C=O) groups is 3. The highest BCUT2D eigenvalue weighted by Crippen LogP contribution is 2.47. The lowest BCUT2D eigenvalue weighted by Crippen LogP contribution is -2.57. The molecule has 4 rings (SSSR count). The third-order valence-electron chi connectivity index (χ3n) is 7.35. The van der Waals surface area contributed by atoms with Crippen molar-refractivity contribution in [1.82, 2.24) is 14.9 Å². The van der Waals surface area contributed by atoms with E-state index in [9.17, 15) is 22.8 Å². The second-order valence-electron chi connectivity index (χ2n) is 9.78. The molecule has 3 unspecified atom stereocenters. The highest BCUT2D eigenvalue weighted by atomic mass is 32.2. The molecule has 0 bridgehead atoms. The minimum Gasteiger partial charge on any atom is -0.339 e. The Balaban J connectivity index is 1.55. The first-order chi connectivity index (χ1) is 14.7. The zero-order valence-electron chi connectivity index (χ0n) is 18.2. The summed E-state index contributed by atoms with van der Waals surface area (Å²) in [5.41, 5.74) is -1.26. The van der Waals surface area contributed by atoms with Gasteiger partial charge in [0.05, 0.1) is 4.75 Å². The molecule has 9 heteroatoms. The number of hydrogen-bond acceptors (Lipinski definition) is 5. The van der Waals surface area contributed by atoms with Crippen LogP contribution >= 0.6 is 0 Å². The minimum absolute atomic E-state index is 0.0132. The molecule has 0 aromatic heterocycles. The molecule has 0 spiro atoms. The van der Waals surface area contributed by atoms with Crippen LogP contribution in [-0.4, -0.2) is 53.9 Å². The number of nitrogens with zero attached hydrogens (tertiary/aromatic N) is 1. The molecule has 0 aromatic carbocycles. The van der Waals surface area contributed by atoms with E-state index in [1.54, 1.807) is 11.8 Å². The van der Waals surface area contributed by atoms with Gasteiger partial charge >= 0.3 is 0 Å². The largest absolute Gasteiger partial charge is 0.339 e. The average molecular weight is 452 g/mol. The van der Waals surface area contributed by atoms with Gasteiger partial charge in [0.1, 0.15) is 11.6 Å². The van der Waals surface area contributed by atoms with E-state index in [1.807, 2.05) is 12.2 Å². The molecule has 0 aromatic rings. The van der Waals surface area contributed by atoms with E-state index in [0.29, 0.717) is 38.6 Å². The molecule has 1 saturated heterocycles. The molecule has 3 fully saturated rings. The van der Waals surface area contributed by atoms with Gasteiger partial charge < -0.3 is 10.2 Å². The predicted molar refractivity (Wildman–Crippen MR) is 115 cm³/mol.